The van der Waals surface area contributed by atoms with Crippen molar-refractivity contribution in [3.8, 4) is 0 Å². The Hall–Kier alpha value is -0.490. The van der Waals surface area contributed by atoms with Crippen molar-refractivity contribution in [2.75, 3.05) is 13.7 Å². The standard InChI is InChI=1S/C7H9BrF2N2O/c1-13-3-2-12-4-5(8)6(11-12)7(9)10/h4,7H,2-3H2,1H3. The number of aromatic nitrogens is 2. The van der Waals surface area contributed by atoms with Crippen LogP contribution in [0.5, 0.6) is 0 Å². The van der Waals surface area contributed by atoms with Crippen LogP contribution in [0.2, 0.25) is 0 Å². The normalized spacial score (nSPS) is 11.2. The van der Waals surface area contributed by atoms with Crippen LogP contribution in [0, 0.1) is 0 Å². The molecule has 0 fully saturated rings. The third-order valence-electron chi connectivity index (χ3n) is 1.47. The summed E-state index contributed by atoms with van der Waals surface area (Å²) >= 11 is 3.01. The van der Waals surface area contributed by atoms with E-state index in [1.807, 2.05) is 0 Å². The maximum Gasteiger partial charge on any atom is 0.283 e. The van der Waals surface area contributed by atoms with Gasteiger partial charge in [0, 0.05) is 13.3 Å². The lowest BCUT2D eigenvalue weighted by atomic mass is 10.5. The van der Waals surface area contributed by atoms with Crippen LogP contribution in [0.4, 0.5) is 8.78 Å². The lowest BCUT2D eigenvalue weighted by molar-refractivity contribution is 0.142. The van der Waals surface area contributed by atoms with Crippen molar-refractivity contribution in [2.24, 2.45) is 0 Å². The summed E-state index contributed by atoms with van der Waals surface area (Å²) in [7, 11) is 1.55. The van der Waals surface area contributed by atoms with Crippen molar-refractivity contribution in [3.05, 3.63) is 16.4 Å². The van der Waals surface area contributed by atoms with Gasteiger partial charge in [-0.3, -0.25) is 4.68 Å². The number of methoxy groups -OCH3 is 1. The third kappa shape index (κ3) is 2.73. The highest BCUT2D eigenvalue weighted by molar-refractivity contribution is 9.10. The second-order valence-electron chi connectivity index (χ2n) is 2.42. The topological polar surface area (TPSA) is 27.1 Å². The van der Waals surface area contributed by atoms with Gasteiger partial charge in [-0.1, -0.05) is 0 Å². The summed E-state index contributed by atoms with van der Waals surface area (Å²) in [5.41, 5.74) is -0.226. The molecule has 0 N–H and O–H groups in total. The van der Waals surface area contributed by atoms with E-state index in [9.17, 15) is 8.78 Å². The second kappa shape index (κ2) is 4.66. The molecule has 1 aromatic heterocycles. The van der Waals surface area contributed by atoms with Crippen LogP contribution in [0.25, 0.3) is 0 Å². The fourth-order valence-electron chi connectivity index (χ4n) is 0.859. The van der Waals surface area contributed by atoms with Gasteiger partial charge in [-0.05, 0) is 15.9 Å². The number of nitrogens with zero attached hydrogens (tertiary/aromatic N) is 2. The summed E-state index contributed by atoms with van der Waals surface area (Å²) < 4.78 is 31.0. The van der Waals surface area contributed by atoms with Gasteiger partial charge in [-0.25, -0.2) is 8.78 Å². The molecule has 0 aromatic carbocycles. The second-order valence-corrected chi connectivity index (χ2v) is 3.27. The molecule has 0 aliphatic carbocycles. The predicted molar refractivity (Wildman–Crippen MR) is 46.8 cm³/mol. The molecule has 0 aliphatic rings. The van der Waals surface area contributed by atoms with Gasteiger partial charge in [0.05, 0.1) is 17.6 Å². The number of hydrogen-bond acceptors (Lipinski definition) is 2. The summed E-state index contributed by atoms with van der Waals surface area (Å²) in [5, 5.41) is 3.69. The van der Waals surface area contributed by atoms with Crippen molar-refractivity contribution < 1.29 is 13.5 Å². The molecule has 1 heterocycles. The smallest absolute Gasteiger partial charge is 0.283 e. The van der Waals surface area contributed by atoms with Crippen LogP contribution < -0.4 is 0 Å². The molecule has 0 atom stereocenters. The van der Waals surface area contributed by atoms with Crippen LogP contribution in [0.3, 0.4) is 0 Å². The number of ether oxygens (including phenoxy) is 1. The minimum absolute atomic E-state index is 0.226. The number of rotatable bonds is 4. The zero-order valence-corrected chi connectivity index (χ0v) is 8.59. The molecule has 1 aromatic rings. The van der Waals surface area contributed by atoms with E-state index in [0.717, 1.165) is 0 Å². The highest BCUT2D eigenvalue weighted by Crippen LogP contribution is 2.25. The Labute approximate surface area is 82.8 Å². The first-order chi connectivity index (χ1) is 6.15. The Balaban J connectivity index is 2.71. The first-order valence-corrected chi connectivity index (χ1v) is 4.44. The van der Waals surface area contributed by atoms with Gasteiger partial charge in [-0.2, -0.15) is 5.10 Å². The zero-order valence-electron chi connectivity index (χ0n) is 7.01. The molecule has 0 spiro atoms. The maximum absolute atomic E-state index is 12.2. The van der Waals surface area contributed by atoms with Crippen molar-refractivity contribution >= 4 is 15.9 Å². The predicted octanol–water partition coefficient (Wildman–Crippen LogP) is 2.23. The first kappa shape index (κ1) is 10.6. The average molecular weight is 255 g/mol. The molecular formula is C7H9BrF2N2O. The molecule has 0 aliphatic heterocycles. The highest BCUT2D eigenvalue weighted by Gasteiger charge is 2.15. The van der Waals surface area contributed by atoms with E-state index in [4.69, 9.17) is 4.74 Å². The van der Waals surface area contributed by atoms with Crippen molar-refractivity contribution in [2.45, 2.75) is 13.0 Å². The van der Waals surface area contributed by atoms with Crippen LogP contribution in [0.1, 0.15) is 12.1 Å². The fourth-order valence-corrected chi connectivity index (χ4v) is 1.35. The Morgan fingerprint density at radius 1 is 1.69 bits per heavy atom. The summed E-state index contributed by atoms with van der Waals surface area (Å²) in [5.74, 6) is 0. The zero-order chi connectivity index (χ0) is 9.84. The molecule has 0 unspecified atom stereocenters. The van der Waals surface area contributed by atoms with Crippen LogP contribution in [-0.2, 0) is 11.3 Å². The minimum atomic E-state index is -2.54. The van der Waals surface area contributed by atoms with E-state index in [-0.39, 0.29) is 5.69 Å². The Morgan fingerprint density at radius 2 is 2.38 bits per heavy atom. The van der Waals surface area contributed by atoms with E-state index < -0.39 is 6.43 Å². The molecule has 0 radical (unpaired) electrons. The lowest BCUT2D eigenvalue weighted by Gasteiger charge is -1.98. The van der Waals surface area contributed by atoms with Gasteiger partial charge in [0.15, 0.2) is 0 Å². The van der Waals surface area contributed by atoms with E-state index in [1.54, 1.807) is 7.11 Å². The molecule has 74 valence electrons. The van der Waals surface area contributed by atoms with Crippen molar-refractivity contribution in [3.63, 3.8) is 0 Å². The fraction of sp³-hybridized carbons (Fsp3) is 0.571. The lowest BCUT2D eigenvalue weighted by Crippen LogP contribution is -2.05. The molecule has 6 heteroatoms. The van der Waals surface area contributed by atoms with Gasteiger partial charge >= 0.3 is 0 Å². The number of halogens is 3. The van der Waals surface area contributed by atoms with E-state index in [2.05, 4.69) is 21.0 Å². The first-order valence-electron chi connectivity index (χ1n) is 3.65. The SMILES string of the molecule is COCCn1cc(Br)c(C(F)F)n1. The van der Waals surface area contributed by atoms with Crippen molar-refractivity contribution in [1.29, 1.82) is 0 Å². The molecule has 13 heavy (non-hydrogen) atoms. The molecule has 0 saturated carbocycles. The minimum Gasteiger partial charge on any atom is -0.383 e. The Bertz CT molecular complexity index is 277. The molecule has 1 rings (SSSR count). The molecule has 0 amide bonds. The van der Waals surface area contributed by atoms with Gasteiger partial charge in [-0.15, -0.1) is 0 Å². The summed E-state index contributed by atoms with van der Waals surface area (Å²) in [6, 6.07) is 0. The summed E-state index contributed by atoms with van der Waals surface area (Å²) in [6.45, 7) is 0.929. The number of alkyl halides is 2. The Kier molecular flexibility index (Phi) is 3.80. The van der Waals surface area contributed by atoms with E-state index in [0.29, 0.717) is 17.6 Å². The van der Waals surface area contributed by atoms with Gasteiger partial charge in [0.25, 0.3) is 6.43 Å². The van der Waals surface area contributed by atoms with Crippen LogP contribution >= 0.6 is 15.9 Å². The molecule has 0 bridgehead atoms. The summed E-state index contributed by atoms with van der Waals surface area (Å²) in [6.07, 6.45) is -1.03. The van der Waals surface area contributed by atoms with E-state index >= 15 is 0 Å². The molecule has 0 saturated heterocycles. The molecule has 3 nitrogen and oxygen atoms in total. The largest absolute Gasteiger partial charge is 0.383 e. The Morgan fingerprint density at radius 3 is 2.85 bits per heavy atom. The van der Waals surface area contributed by atoms with Gasteiger partial charge in [0.2, 0.25) is 0 Å². The van der Waals surface area contributed by atoms with Crippen LogP contribution in [-0.4, -0.2) is 23.5 Å². The molecular weight excluding hydrogens is 246 g/mol. The van der Waals surface area contributed by atoms with E-state index in [1.165, 1.54) is 10.9 Å². The summed E-state index contributed by atoms with van der Waals surface area (Å²) in [4.78, 5) is 0. The van der Waals surface area contributed by atoms with Crippen molar-refractivity contribution in [1.82, 2.24) is 9.78 Å². The van der Waals surface area contributed by atoms with Gasteiger partial charge < -0.3 is 4.74 Å². The highest BCUT2D eigenvalue weighted by atomic mass is 79.9. The quantitative estimate of drug-likeness (QED) is 0.824. The third-order valence-corrected chi connectivity index (χ3v) is 2.09. The monoisotopic (exact) mass is 254 g/mol. The van der Waals surface area contributed by atoms with Crippen LogP contribution in [0.15, 0.2) is 10.7 Å². The van der Waals surface area contributed by atoms with Gasteiger partial charge in [0.1, 0.15) is 5.69 Å². The maximum atomic E-state index is 12.2. The average Bonchev–Trinajstić information content (AvgIpc) is 2.43. The number of hydrogen-bond donors (Lipinski definition) is 0.